The van der Waals surface area contributed by atoms with Crippen LogP contribution in [0.1, 0.15) is 41.3 Å². The molecule has 4 rings (SSSR count). The highest BCUT2D eigenvalue weighted by atomic mass is 31.2. The van der Waals surface area contributed by atoms with E-state index in [0.29, 0.717) is 11.3 Å². The number of hydrogen-bond acceptors (Lipinski definition) is 12. The SMILES string of the molecule is C.CNc1nc(N)nc2c1ncn2[C@@H]1O[C@H](CO[P@@](=O)(N[C@@H](C)C(=O)OC(C)C)Oc2ccccc2)C(O)[C@]1(C)F. The fourth-order valence-corrected chi connectivity index (χ4v) is 5.64. The van der Waals surface area contributed by atoms with Gasteiger partial charge in [0.1, 0.15) is 24.0 Å². The third-order valence-corrected chi connectivity index (χ3v) is 7.72. The molecular weight excluding hydrogens is 560 g/mol. The van der Waals surface area contributed by atoms with Crippen molar-refractivity contribution in [2.45, 2.75) is 71.4 Å². The number of anilines is 2. The van der Waals surface area contributed by atoms with Gasteiger partial charge in [-0.25, -0.2) is 13.9 Å². The largest absolute Gasteiger partial charge is 0.462 e. The molecule has 3 aromatic rings. The lowest BCUT2D eigenvalue weighted by atomic mass is 9.98. The second-order valence-electron chi connectivity index (χ2n) is 9.66. The number of nitrogens with zero attached hydrogens (tertiary/aromatic N) is 4. The van der Waals surface area contributed by atoms with E-state index in [4.69, 9.17) is 24.3 Å². The Morgan fingerprint density at radius 3 is 2.61 bits per heavy atom. The summed E-state index contributed by atoms with van der Waals surface area (Å²) in [4.78, 5) is 24.8. The normalized spacial score (nSPS) is 24.4. The Morgan fingerprint density at radius 1 is 1.29 bits per heavy atom. The van der Waals surface area contributed by atoms with Gasteiger partial charge in [-0.3, -0.25) is 13.9 Å². The molecule has 2 aromatic heterocycles. The summed E-state index contributed by atoms with van der Waals surface area (Å²) in [6.45, 7) is 5.37. The zero-order valence-corrected chi connectivity index (χ0v) is 23.5. The first-order chi connectivity index (χ1) is 18.8. The summed E-state index contributed by atoms with van der Waals surface area (Å²) in [6.07, 6.45) is -3.52. The predicted molar refractivity (Wildman–Crippen MR) is 150 cm³/mol. The van der Waals surface area contributed by atoms with Crippen LogP contribution in [0.5, 0.6) is 5.75 Å². The van der Waals surface area contributed by atoms with Crippen molar-refractivity contribution < 1.29 is 37.4 Å². The Morgan fingerprint density at radius 2 is 1.98 bits per heavy atom. The number of nitrogen functional groups attached to an aromatic ring is 1. The third-order valence-electron chi connectivity index (χ3n) is 6.08. The van der Waals surface area contributed by atoms with Crippen LogP contribution in [0, 0.1) is 0 Å². The number of nitrogens with two attached hydrogens (primary N) is 1. The van der Waals surface area contributed by atoms with E-state index in [1.165, 1.54) is 17.8 Å². The zero-order valence-electron chi connectivity index (χ0n) is 22.6. The number of aliphatic hydroxyl groups is 1. The zero-order chi connectivity index (χ0) is 29.2. The molecule has 14 nitrogen and oxygen atoms in total. The van der Waals surface area contributed by atoms with E-state index in [1.54, 1.807) is 51.2 Å². The number of imidazole rings is 1. The molecule has 0 amide bonds. The van der Waals surface area contributed by atoms with E-state index < -0.39 is 56.6 Å². The number of benzene rings is 1. The van der Waals surface area contributed by atoms with Gasteiger partial charge in [0.05, 0.1) is 19.0 Å². The van der Waals surface area contributed by atoms with Crippen molar-refractivity contribution in [3.63, 3.8) is 0 Å². The average Bonchev–Trinajstić information content (AvgIpc) is 3.40. The number of aromatic nitrogens is 4. The quantitative estimate of drug-likeness (QED) is 0.187. The Bertz CT molecular complexity index is 1390. The summed E-state index contributed by atoms with van der Waals surface area (Å²) >= 11 is 0. The Labute approximate surface area is 237 Å². The molecule has 1 aromatic carbocycles. The van der Waals surface area contributed by atoms with Crippen LogP contribution in [0.2, 0.25) is 0 Å². The van der Waals surface area contributed by atoms with Crippen LogP contribution in [0.25, 0.3) is 11.2 Å². The predicted octanol–water partition coefficient (Wildman–Crippen LogP) is 3.21. The maximum atomic E-state index is 16.0. The lowest BCUT2D eigenvalue weighted by Gasteiger charge is -2.25. The minimum absolute atomic E-state index is 0. The first-order valence-electron chi connectivity index (χ1n) is 12.5. The third kappa shape index (κ3) is 6.93. The molecule has 226 valence electrons. The van der Waals surface area contributed by atoms with Crippen LogP contribution in [0.15, 0.2) is 36.7 Å². The van der Waals surface area contributed by atoms with E-state index in [-0.39, 0.29) is 24.8 Å². The van der Waals surface area contributed by atoms with Crippen molar-refractivity contribution in [1.29, 1.82) is 0 Å². The van der Waals surface area contributed by atoms with Crippen LogP contribution < -0.4 is 20.7 Å². The van der Waals surface area contributed by atoms with Gasteiger partial charge in [-0.05, 0) is 39.8 Å². The molecule has 0 spiro atoms. The molecule has 3 heterocycles. The van der Waals surface area contributed by atoms with Crippen molar-refractivity contribution in [3.05, 3.63) is 36.7 Å². The van der Waals surface area contributed by atoms with Gasteiger partial charge in [0.15, 0.2) is 28.9 Å². The van der Waals surface area contributed by atoms with Crippen molar-refractivity contribution in [2.75, 3.05) is 24.7 Å². The van der Waals surface area contributed by atoms with E-state index in [2.05, 4.69) is 25.4 Å². The van der Waals surface area contributed by atoms with Crippen molar-refractivity contribution in [2.24, 2.45) is 0 Å². The van der Waals surface area contributed by atoms with E-state index in [1.807, 2.05) is 0 Å². The fourth-order valence-electron chi connectivity index (χ4n) is 4.14. The monoisotopic (exact) mass is 597 g/mol. The van der Waals surface area contributed by atoms with Gasteiger partial charge >= 0.3 is 13.7 Å². The highest BCUT2D eigenvalue weighted by molar-refractivity contribution is 7.52. The lowest BCUT2D eigenvalue weighted by molar-refractivity contribution is -0.149. The number of ether oxygens (including phenoxy) is 2. The molecular formula is C25H37FN7O7P. The highest BCUT2D eigenvalue weighted by Crippen LogP contribution is 2.48. The van der Waals surface area contributed by atoms with Crippen LogP contribution in [0.4, 0.5) is 16.2 Å². The molecule has 1 unspecified atom stereocenters. The standard InChI is InChI=1S/C24H33FN7O7P.CH4/c1-13(2)37-21(34)14(3)31-40(35,39-15-9-7-6-8-10-15)36-11-16-18(33)24(4,25)22(38-16)32-12-28-17-19(27-5)29-23(26)30-20(17)32;/h6-10,12-14,16,18,22,33H,11H2,1-5H3,(H,31,35)(H3,26,27,29,30);1H4/t14-,16+,18?,22+,24-,40-;/m0./s1. The first-order valence-corrected chi connectivity index (χ1v) is 14.1. The van der Waals surface area contributed by atoms with Gasteiger partial charge in [-0.2, -0.15) is 15.1 Å². The van der Waals surface area contributed by atoms with Crippen molar-refractivity contribution in [1.82, 2.24) is 24.6 Å². The smallest absolute Gasteiger partial charge is 0.459 e. The van der Waals surface area contributed by atoms with Gasteiger partial charge in [-0.15, -0.1) is 0 Å². The van der Waals surface area contributed by atoms with E-state index in [0.717, 1.165) is 6.92 Å². The number of carbonyl (C=O) groups excluding carboxylic acids is 1. The molecule has 0 radical (unpaired) electrons. The van der Waals surface area contributed by atoms with Gasteiger partial charge in [0, 0.05) is 7.05 Å². The molecule has 0 bridgehead atoms. The fraction of sp³-hybridized carbons (Fsp3) is 0.520. The number of esters is 1. The number of para-hydroxylation sites is 1. The summed E-state index contributed by atoms with van der Waals surface area (Å²) in [5, 5.41) is 16.2. The summed E-state index contributed by atoms with van der Waals surface area (Å²) in [6, 6.07) is 7.05. The van der Waals surface area contributed by atoms with Crippen LogP contribution in [-0.2, 0) is 23.4 Å². The number of nitrogens with one attached hydrogen (secondary N) is 2. The summed E-state index contributed by atoms with van der Waals surface area (Å²) in [5.41, 5.74) is 3.94. The second kappa shape index (κ2) is 12.7. The maximum Gasteiger partial charge on any atom is 0.459 e. The Balaban J connectivity index is 0.00000462. The van der Waals surface area contributed by atoms with Crippen LogP contribution in [0.3, 0.4) is 0 Å². The number of fused-ring (bicyclic) bond motifs is 1. The van der Waals surface area contributed by atoms with Gasteiger partial charge < -0.3 is 30.2 Å². The molecule has 0 aliphatic carbocycles. The van der Waals surface area contributed by atoms with Gasteiger partial charge in [0.2, 0.25) is 5.95 Å². The molecule has 5 N–H and O–H groups in total. The first kappa shape index (κ1) is 32.2. The lowest BCUT2D eigenvalue weighted by Crippen LogP contribution is -2.41. The average molecular weight is 598 g/mol. The topological polar surface area (TPSA) is 185 Å². The van der Waals surface area contributed by atoms with Gasteiger partial charge in [0.25, 0.3) is 0 Å². The van der Waals surface area contributed by atoms with Crippen LogP contribution >= 0.6 is 7.75 Å². The molecule has 1 saturated heterocycles. The highest BCUT2D eigenvalue weighted by Gasteiger charge is 2.56. The molecule has 1 aliphatic rings. The Kier molecular flexibility index (Phi) is 9.93. The minimum Gasteiger partial charge on any atom is -0.462 e. The van der Waals surface area contributed by atoms with E-state index >= 15 is 4.39 Å². The maximum absolute atomic E-state index is 16.0. The van der Waals surface area contributed by atoms with Crippen molar-refractivity contribution in [3.8, 4) is 5.75 Å². The molecule has 6 atom stereocenters. The molecule has 41 heavy (non-hydrogen) atoms. The number of carbonyl (C=O) groups is 1. The number of aliphatic hydroxyl groups excluding tert-OH is 1. The second-order valence-corrected chi connectivity index (χ2v) is 11.4. The summed E-state index contributed by atoms with van der Waals surface area (Å²) in [7, 11) is -2.66. The number of hydrogen-bond donors (Lipinski definition) is 4. The number of rotatable bonds is 11. The van der Waals surface area contributed by atoms with Crippen LogP contribution in [-0.4, -0.2) is 74.3 Å². The van der Waals surface area contributed by atoms with Crippen molar-refractivity contribution >= 4 is 36.6 Å². The number of alkyl halides is 1. The minimum atomic E-state index is -4.28. The molecule has 16 heteroatoms. The molecule has 1 fully saturated rings. The van der Waals surface area contributed by atoms with Gasteiger partial charge in [-0.1, -0.05) is 25.6 Å². The van der Waals surface area contributed by atoms with E-state index in [9.17, 15) is 14.5 Å². The Hall–Kier alpha value is -3.36. The summed E-state index contributed by atoms with van der Waals surface area (Å²) in [5.74, 6) is -0.243. The molecule has 0 saturated carbocycles. The number of halogens is 1. The summed E-state index contributed by atoms with van der Waals surface area (Å²) < 4.78 is 53.2. The molecule has 1 aliphatic heterocycles.